The normalized spacial score (nSPS) is 20.0. The number of amides is 1. The lowest BCUT2D eigenvalue weighted by molar-refractivity contribution is -0.148. The smallest absolute Gasteiger partial charge is 0.231 e. The van der Waals surface area contributed by atoms with Gasteiger partial charge in [0.15, 0.2) is 0 Å². The second-order valence-electron chi connectivity index (χ2n) is 5.40. The molecule has 4 nitrogen and oxygen atoms in total. The number of ether oxygens (including phenoxy) is 1. The van der Waals surface area contributed by atoms with Crippen LogP contribution in [0.2, 0.25) is 0 Å². The van der Waals surface area contributed by atoms with Crippen molar-refractivity contribution in [2.24, 2.45) is 5.41 Å². The molecule has 19 heavy (non-hydrogen) atoms. The third-order valence-electron chi connectivity index (χ3n) is 4.13. The van der Waals surface area contributed by atoms with E-state index in [2.05, 4.69) is 18.5 Å². The van der Waals surface area contributed by atoms with Gasteiger partial charge in [0, 0.05) is 26.0 Å². The third-order valence-corrected chi connectivity index (χ3v) is 4.85. The van der Waals surface area contributed by atoms with Gasteiger partial charge < -0.3 is 15.0 Å². The summed E-state index contributed by atoms with van der Waals surface area (Å²) in [6.45, 7) is 4.49. The van der Waals surface area contributed by atoms with Gasteiger partial charge in [0.1, 0.15) is 0 Å². The number of nitrogens with one attached hydrogen (secondary N) is 1. The molecule has 1 fully saturated rings. The zero-order valence-corrected chi connectivity index (χ0v) is 13.5. The Morgan fingerprint density at radius 3 is 2.58 bits per heavy atom. The van der Waals surface area contributed by atoms with Gasteiger partial charge in [-0.2, -0.15) is 11.8 Å². The Labute approximate surface area is 121 Å². The van der Waals surface area contributed by atoms with Crippen LogP contribution in [0.4, 0.5) is 0 Å². The standard InChI is InChI=1S/C14H28N2O2S/c1-5-12(10-19-4)16(2)13(17)14(11-18-3)6-8-15-9-7-14/h12,15H,5-11H2,1-4H3. The molecular formula is C14H28N2O2S. The molecule has 1 N–H and O–H groups in total. The first-order valence-corrected chi connectivity index (χ1v) is 8.46. The highest BCUT2D eigenvalue weighted by molar-refractivity contribution is 7.98. The van der Waals surface area contributed by atoms with Crippen molar-refractivity contribution in [1.29, 1.82) is 0 Å². The van der Waals surface area contributed by atoms with Crippen LogP contribution in [-0.4, -0.2) is 62.7 Å². The van der Waals surface area contributed by atoms with E-state index in [1.165, 1.54) is 0 Å². The second-order valence-corrected chi connectivity index (χ2v) is 6.31. The minimum Gasteiger partial charge on any atom is -0.384 e. The molecule has 0 spiro atoms. The lowest BCUT2D eigenvalue weighted by Crippen LogP contribution is -2.53. The second kappa shape index (κ2) is 8.12. The highest BCUT2D eigenvalue weighted by Crippen LogP contribution is 2.32. The first kappa shape index (κ1) is 16.8. The average Bonchev–Trinajstić information content (AvgIpc) is 2.44. The first-order chi connectivity index (χ1) is 9.11. The molecule has 0 aromatic heterocycles. The van der Waals surface area contributed by atoms with Crippen molar-refractivity contribution in [2.75, 3.05) is 45.9 Å². The quantitative estimate of drug-likeness (QED) is 0.773. The zero-order chi connectivity index (χ0) is 14.3. The fraction of sp³-hybridized carbons (Fsp3) is 0.929. The number of nitrogens with zero attached hydrogens (tertiary/aromatic N) is 1. The zero-order valence-electron chi connectivity index (χ0n) is 12.7. The van der Waals surface area contributed by atoms with E-state index in [1.807, 2.05) is 11.9 Å². The molecule has 0 aliphatic carbocycles. The number of thioether (sulfide) groups is 1. The van der Waals surface area contributed by atoms with Gasteiger partial charge in [0.05, 0.1) is 12.0 Å². The van der Waals surface area contributed by atoms with Gasteiger partial charge in [-0.3, -0.25) is 4.79 Å². The fourth-order valence-corrected chi connectivity index (χ4v) is 3.68. The highest BCUT2D eigenvalue weighted by Gasteiger charge is 2.42. The number of rotatable bonds is 7. The van der Waals surface area contributed by atoms with Crippen molar-refractivity contribution in [3.63, 3.8) is 0 Å². The number of carbonyl (C=O) groups is 1. The average molecular weight is 288 g/mol. The highest BCUT2D eigenvalue weighted by atomic mass is 32.2. The summed E-state index contributed by atoms with van der Waals surface area (Å²) in [4.78, 5) is 14.9. The predicted molar refractivity (Wildman–Crippen MR) is 81.6 cm³/mol. The van der Waals surface area contributed by atoms with Crippen LogP contribution in [0.15, 0.2) is 0 Å². The summed E-state index contributed by atoms with van der Waals surface area (Å²) in [5.74, 6) is 1.26. The molecule has 112 valence electrons. The molecule has 0 radical (unpaired) electrons. The maximum absolute atomic E-state index is 12.9. The van der Waals surface area contributed by atoms with E-state index < -0.39 is 0 Å². The van der Waals surface area contributed by atoms with Crippen LogP contribution >= 0.6 is 11.8 Å². The minimum absolute atomic E-state index is 0.261. The van der Waals surface area contributed by atoms with Crippen LogP contribution in [0.3, 0.4) is 0 Å². The van der Waals surface area contributed by atoms with Crippen molar-refractivity contribution in [1.82, 2.24) is 10.2 Å². The molecule has 1 aliphatic heterocycles. The summed E-state index contributed by atoms with van der Waals surface area (Å²) in [5.41, 5.74) is -0.319. The summed E-state index contributed by atoms with van der Waals surface area (Å²) in [6, 6.07) is 0.325. The Kier molecular flexibility index (Phi) is 7.18. The number of methoxy groups -OCH3 is 1. The van der Waals surface area contributed by atoms with Crippen molar-refractivity contribution < 1.29 is 9.53 Å². The van der Waals surface area contributed by atoms with Gasteiger partial charge >= 0.3 is 0 Å². The molecule has 5 heteroatoms. The largest absolute Gasteiger partial charge is 0.384 e. The van der Waals surface area contributed by atoms with E-state index in [4.69, 9.17) is 4.74 Å². The van der Waals surface area contributed by atoms with Crippen molar-refractivity contribution in [2.45, 2.75) is 32.2 Å². The molecule has 0 aromatic rings. The molecule has 1 aliphatic rings. The monoisotopic (exact) mass is 288 g/mol. The number of hydrogen-bond acceptors (Lipinski definition) is 4. The minimum atomic E-state index is -0.319. The summed E-state index contributed by atoms with van der Waals surface area (Å²) in [7, 11) is 3.64. The Hall–Kier alpha value is -0.260. The van der Waals surface area contributed by atoms with E-state index in [1.54, 1.807) is 18.9 Å². The van der Waals surface area contributed by atoms with Gasteiger partial charge in [0.25, 0.3) is 0 Å². The van der Waals surface area contributed by atoms with Crippen molar-refractivity contribution >= 4 is 17.7 Å². The van der Waals surface area contributed by atoms with E-state index in [0.717, 1.165) is 38.1 Å². The molecule has 0 saturated carbocycles. The molecule has 0 bridgehead atoms. The van der Waals surface area contributed by atoms with Crippen LogP contribution in [0.5, 0.6) is 0 Å². The maximum atomic E-state index is 12.9. The molecule has 1 atom stereocenters. The number of carbonyl (C=O) groups excluding carboxylic acids is 1. The SMILES string of the molecule is CCC(CSC)N(C)C(=O)C1(COC)CCNCC1. The molecule has 1 rings (SSSR count). The maximum Gasteiger partial charge on any atom is 0.231 e. The van der Waals surface area contributed by atoms with E-state index in [9.17, 15) is 4.79 Å². The van der Waals surface area contributed by atoms with Gasteiger partial charge in [-0.15, -0.1) is 0 Å². The topological polar surface area (TPSA) is 41.6 Å². The summed E-state index contributed by atoms with van der Waals surface area (Å²) in [5, 5.41) is 3.33. The summed E-state index contributed by atoms with van der Waals surface area (Å²) >= 11 is 1.80. The Morgan fingerprint density at radius 1 is 1.47 bits per heavy atom. The van der Waals surface area contributed by atoms with Gasteiger partial charge in [-0.05, 0) is 38.6 Å². The van der Waals surface area contributed by atoms with E-state index >= 15 is 0 Å². The molecule has 1 amide bonds. The Morgan fingerprint density at radius 2 is 2.11 bits per heavy atom. The van der Waals surface area contributed by atoms with Crippen molar-refractivity contribution in [3.05, 3.63) is 0 Å². The Bertz CT molecular complexity index is 275. The Balaban J connectivity index is 2.80. The van der Waals surface area contributed by atoms with Gasteiger partial charge in [-0.1, -0.05) is 6.92 Å². The molecule has 1 heterocycles. The van der Waals surface area contributed by atoms with Crippen LogP contribution in [-0.2, 0) is 9.53 Å². The van der Waals surface area contributed by atoms with E-state index in [-0.39, 0.29) is 11.3 Å². The van der Waals surface area contributed by atoms with Crippen LogP contribution in [0.1, 0.15) is 26.2 Å². The van der Waals surface area contributed by atoms with E-state index in [0.29, 0.717) is 12.6 Å². The lowest BCUT2D eigenvalue weighted by atomic mass is 9.78. The van der Waals surface area contributed by atoms with Crippen LogP contribution in [0.25, 0.3) is 0 Å². The van der Waals surface area contributed by atoms with Crippen LogP contribution in [0, 0.1) is 5.41 Å². The van der Waals surface area contributed by atoms with Gasteiger partial charge in [0.2, 0.25) is 5.91 Å². The van der Waals surface area contributed by atoms with Crippen LogP contribution < -0.4 is 5.32 Å². The fourth-order valence-electron chi connectivity index (χ4n) is 2.84. The summed E-state index contributed by atoms with van der Waals surface area (Å²) < 4.78 is 5.35. The summed E-state index contributed by atoms with van der Waals surface area (Å²) in [6.07, 6.45) is 4.85. The molecule has 0 aromatic carbocycles. The van der Waals surface area contributed by atoms with Crippen molar-refractivity contribution in [3.8, 4) is 0 Å². The molecule has 1 saturated heterocycles. The predicted octanol–water partition coefficient (Wildman–Crippen LogP) is 1.60. The number of hydrogen-bond donors (Lipinski definition) is 1. The molecular weight excluding hydrogens is 260 g/mol. The molecule has 1 unspecified atom stereocenters. The lowest BCUT2D eigenvalue weighted by Gasteiger charge is -2.40. The van der Waals surface area contributed by atoms with Gasteiger partial charge in [-0.25, -0.2) is 0 Å². The third kappa shape index (κ3) is 4.10. The first-order valence-electron chi connectivity index (χ1n) is 7.07. The number of piperidine rings is 1.